The number of nitrogens with zero attached hydrogens (tertiary/aromatic N) is 3. The Morgan fingerprint density at radius 2 is 2.44 bits per heavy atom. The van der Waals surface area contributed by atoms with Gasteiger partial charge in [0, 0.05) is 50.0 Å². The molecule has 1 aliphatic heterocycles. The average Bonchev–Trinajstić information content (AvgIpc) is 2.90. The number of nitrogens with one attached hydrogen (secondary N) is 1. The van der Waals surface area contributed by atoms with Crippen molar-refractivity contribution in [1.29, 1.82) is 0 Å². The molecular weight excluding hydrogens is 244 g/mol. The minimum absolute atomic E-state index is 0.624. The van der Waals surface area contributed by atoms with Crippen molar-refractivity contribution in [3.05, 3.63) is 23.5 Å². The van der Waals surface area contributed by atoms with Gasteiger partial charge in [0.1, 0.15) is 0 Å². The Kier molecular flexibility index (Phi) is 3.37. The van der Waals surface area contributed by atoms with Gasteiger partial charge in [-0.3, -0.25) is 9.30 Å². The first-order valence-corrected chi connectivity index (χ1v) is 7.48. The van der Waals surface area contributed by atoms with Crippen LogP contribution in [0, 0.1) is 5.92 Å². The van der Waals surface area contributed by atoms with Crippen LogP contribution in [-0.2, 0) is 6.54 Å². The van der Waals surface area contributed by atoms with Crippen molar-refractivity contribution >= 4 is 16.3 Å². The second kappa shape index (κ2) is 4.99. The summed E-state index contributed by atoms with van der Waals surface area (Å²) in [4.78, 5) is 8.34. The lowest BCUT2D eigenvalue weighted by Crippen LogP contribution is -2.53. The number of piperazine rings is 1. The molecule has 3 rings (SSSR count). The Hall–Kier alpha value is -0.910. The molecule has 1 N–H and O–H groups in total. The largest absolute Gasteiger partial charge is 0.314 e. The van der Waals surface area contributed by atoms with E-state index in [4.69, 9.17) is 0 Å². The highest BCUT2D eigenvalue weighted by Gasteiger charge is 2.25. The fraction of sp³-hybridized carbons (Fsp3) is 0.615. The van der Waals surface area contributed by atoms with Gasteiger partial charge in [0.25, 0.3) is 0 Å². The lowest BCUT2D eigenvalue weighted by molar-refractivity contribution is 0.116. The molecule has 0 amide bonds. The lowest BCUT2D eigenvalue weighted by Gasteiger charge is -2.38. The summed E-state index contributed by atoms with van der Waals surface area (Å²) in [6, 6.07) is 0.624. The van der Waals surface area contributed by atoms with E-state index in [2.05, 4.69) is 51.2 Å². The number of hydrogen-bond acceptors (Lipinski definition) is 4. The van der Waals surface area contributed by atoms with Crippen molar-refractivity contribution in [2.24, 2.45) is 5.92 Å². The maximum absolute atomic E-state index is 4.68. The molecule has 1 unspecified atom stereocenters. The number of hydrogen-bond donors (Lipinski definition) is 1. The minimum atomic E-state index is 0.624. The molecule has 0 aliphatic carbocycles. The van der Waals surface area contributed by atoms with Gasteiger partial charge < -0.3 is 5.32 Å². The Bertz CT molecular complexity index is 487. The molecule has 0 saturated carbocycles. The van der Waals surface area contributed by atoms with Crippen LogP contribution >= 0.6 is 11.3 Å². The zero-order valence-corrected chi connectivity index (χ0v) is 11.8. The van der Waals surface area contributed by atoms with E-state index >= 15 is 0 Å². The van der Waals surface area contributed by atoms with Gasteiger partial charge in [0.15, 0.2) is 4.96 Å². The molecule has 1 atom stereocenters. The van der Waals surface area contributed by atoms with E-state index in [0.29, 0.717) is 12.0 Å². The standard InChI is InChI=1S/C13H20N4S/c1-10(2)12-7-14-3-4-16(12)8-11-9-17-5-6-18-13(17)15-11/h5-6,9-10,12,14H,3-4,7-8H2,1-2H3. The first-order chi connectivity index (χ1) is 8.74. The molecule has 5 heteroatoms. The molecule has 1 fully saturated rings. The molecule has 0 aromatic carbocycles. The molecule has 0 radical (unpaired) electrons. The SMILES string of the molecule is CC(C)C1CNCCN1Cc1cn2ccsc2n1. The summed E-state index contributed by atoms with van der Waals surface area (Å²) in [5.74, 6) is 0.682. The summed E-state index contributed by atoms with van der Waals surface area (Å²) in [7, 11) is 0. The van der Waals surface area contributed by atoms with E-state index in [-0.39, 0.29) is 0 Å². The van der Waals surface area contributed by atoms with Gasteiger partial charge in [-0.1, -0.05) is 13.8 Å². The third kappa shape index (κ3) is 2.30. The molecular formula is C13H20N4S. The van der Waals surface area contributed by atoms with E-state index in [0.717, 1.165) is 31.1 Å². The highest BCUT2D eigenvalue weighted by Crippen LogP contribution is 2.18. The van der Waals surface area contributed by atoms with Gasteiger partial charge in [0.2, 0.25) is 0 Å². The number of rotatable bonds is 3. The second-order valence-corrected chi connectivity index (χ2v) is 6.18. The molecule has 3 heterocycles. The first-order valence-electron chi connectivity index (χ1n) is 6.60. The van der Waals surface area contributed by atoms with Gasteiger partial charge in [-0.05, 0) is 5.92 Å². The molecule has 0 spiro atoms. The fourth-order valence-electron chi connectivity index (χ4n) is 2.68. The third-order valence-corrected chi connectivity index (χ3v) is 4.45. The second-order valence-electron chi connectivity index (χ2n) is 5.31. The zero-order chi connectivity index (χ0) is 12.5. The van der Waals surface area contributed by atoms with Crippen LogP contribution in [-0.4, -0.2) is 40.0 Å². The molecule has 2 aromatic rings. The topological polar surface area (TPSA) is 32.6 Å². The van der Waals surface area contributed by atoms with Gasteiger partial charge in [-0.25, -0.2) is 4.98 Å². The Morgan fingerprint density at radius 1 is 1.56 bits per heavy atom. The van der Waals surface area contributed by atoms with Crippen molar-refractivity contribution in [3.63, 3.8) is 0 Å². The monoisotopic (exact) mass is 264 g/mol. The maximum atomic E-state index is 4.68. The van der Waals surface area contributed by atoms with Crippen LogP contribution in [0.2, 0.25) is 0 Å². The predicted molar refractivity (Wildman–Crippen MR) is 75.0 cm³/mol. The van der Waals surface area contributed by atoms with E-state index in [1.54, 1.807) is 11.3 Å². The third-order valence-electron chi connectivity index (χ3n) is 3.68. The van der Waals surface area contributed by atoms with Crippen molar-refractivity contribution < 1.29 is 0 Å². The van der Waals surface area contributed by atoms with E-state index in [1.165, 1.54) is 5.69 Å². The highest BCUT2D eigenvalue weighted by molar-refractivity contribution is 7.15. The van der Waals surface area contributed by atoms with Crippen molar-refractivity contribution in [2.45, 2.75) is 26.4 Å². The van der Waals surface area contributed by atoms with Crippen LogP contribution in [0.5, 0.6) is 0 Å². The fourth-order valence-corrected chi connectivity index (χ4v) is 3.40. The Labute approximate surface area is 112 Å². The van der Waals surface area contributed by atoms with Crippen molar-refractivity contribution in [1.82, 2.24) is 19.6 Å². The Morgan fingerprint density at radius 3 is 3.22 bits per heavy atom. The van der Waals surface area contributed by atoms with Crippen LogP contribution in [0.3, 0.4) is 0 Å². The summed E-state index contributed by atoms with van der Waals surface area (Å²) in [5.41, 5.74) is 1.19. The Balaban J connectivity index is 1.75. The molecule has 98 valence electrons. The van der Waals surface area contributed by atoms with Crippen LogP contribution in [0.4, 0.5) is 0 Å². The molecule has 2 aromatic heterocycles. The summed E-state index contributed by atoms with van der Waals surface area (Å²) in [5, 5.41) is 5.57. The number of thiazole rings is 1. The maximum Gasteiger partial charge on any atom is 0.193 e. The van der Waals surface area contributed by atoms with E-state index in [1.807, 2.05) is 0 Å². The van der Waals surface area contributed by atoms with E-state index < -0.39 is 0 Å². The van der Waals surface area contributed by atoms with Gasteiger partial charge >= 0.3 is 0 Å². The number of aromatic nitrogens is 2. The highest BCUT2D eigenvalue weighted by atomic mass is 32.1. The van der Waals surface area contributed by atoms with Gasteiger partial charge in [-0.15, -0.1) is 11.3 Å². The summed E-state index contributed by atoms with van der Waals surface area (Å²) < 4.78 is 2.12. The molecule has 4 nitrogen and oxygen atoms in total. The average molecular weight is 264 g/mol. The molecule has 18 heavy (non-hydrogen) atoms. The predicted octanol–water partition coefficient (Wildman–Crippen LogP) is 1.83. The number of imidazole rings is 1. The van der Waals surface area contributed by atoms with Gasteiger partial charge in [0.05, 0.1) is 5.69 Å². The minimum Gasteiger partial charge on any atom is -0.314 e. The molecule has 1 saturated heterocycles. The summed E-state index contributed by atoms with van der Waals surface area (Å²) in [6.45, 7) is 8.88. The molecule has 0 bridgehead atoms. The quantitative estimate of drug-likeness (QED) is 0.918. The van der Waals surface area contributed by atoms with Crippen molar-refractivity contribution in [2.75, 3.05) is 19.6 Å². The van der Waals surface area contributed by atoms with Gasteiger partial charge in [-0.2, -0.15) is 0 Å². The summed E-state index contributed by atoms with van der Waals surface area (Å²) >= 11 is 1.70. The van der Waals surface area contributed by atoms with Crippen LogP contribution < -0.4 is 5.32 Å². The molecule has 1 aliphatic rings. The van der Waals surface area contributed by atoms with Crippen LogP contribution in [0.25, 0.3) is 4.96 Å². The summed E-state index contributed by atoms with van der Waals surface area (Å²) in [6.07, 6.45) is 4.24. The zero-order valence-electron chi connectivity index (χ0n) is 11.0. The number of fused-ring (bicyclic) bond motifs is 1. The smallest absolute Gasteiger partial charge is 0.193 e. The normalized spacial score (nSPS) is 22.1. The first kappa shape index (κ1) is 12.1. The van der Waals surface area contributed by atoms with Crippen LogP contribution in [0.1, 0.15) is 19.5 Å². The van der Waals surface area contributed by atoms with Crippen LogP contribution in [0.15, 0.2) is 17.8 Å². The lowest BCUT2D eigenvalue weighted by atomic mass is 10.0. The van der Waals surface area contributed by atoms with E-state index in [9.17, 15) is 0 Å². The van der Waals surface area contributed by atoms with Crippen molar-refractivity contribution in [3.8, 4) is 0 Å².